The smallest absolute Gasteiger partial charge is 0.251 e. The van der Waals surface area contributed by atoms with Crippen LogP contribution in [-0.4, -0.2) is 11.9 Å². The van der Waals surface area contributed by atoms with Crippen molar-refractivity contribution in [2.75, 3.05) is 0 Å². The van der Waals surface area contributed by atoms with Crippen molar-refractivity contribution in [1.82, 2.24) is 5.32 Å². The van der Waals surface area contributed by atoms with E-state index in [1.807, 2.05) is 36.4 Å². The lowest BCUT2D eigenvalue weighted by atomic mass is 10.2. The van der Waals surface area contributed by atoms with E-state index in [0.29, 0.717) is 24.0 Å². The molecule has 1 N–H and O–H groups in total. The minimum absolute atomic E-state index is 0.0328. The van der Waals surface area contributed by atoms with Crippen LogP contribution < -0.4 is 10.1 Å². The fourth-order valence-corrected chi connectivity index (χ4v) is 2.35. The maximum atomic E-state index is 12.1. The topological polar surface area (TPSA) is 38.3 Å². The predicted octanol–water partition coefficient (Wildman–Crippen LogP) is 3.92. The summed E-state index contributed by atoms with van der Waals surface area (Å²) in [6.45, 7) is 0.479. The molecule has 2 aromatic rings. The number of ether oxygens (including phenoxy) is 1. The number of carbonyl (C=O) groups excluding carboxylic acids is 1. The molecule has 1 fully saturated rings. The van der Waals surface area contributed by atoms with Crippen LogP contribution in [0.25, 0.3) is 0 Å². The fraction of sp³-hybridized carbons (Fsp3) is 0.235. The fourth-order valence-electron chi connectivity index (χ4n) is 1.99. The molecule has 3 rings (SSSR count). The Morgan fingerprint density at radius 3 is 2.67 bits per heavy atom. The van der Waals surface area contributed by atoms with Gasteiger partial charge in [-0.25, -0.2) is 0 Å². The Hall–Kier alpha value is -1.81. The number of amides is 1. The van der Waals surface area contributed by atoms with Gasteiger partial charge in [0, 0.05) is 11.6 Å². The van der Waals surface area contributed by atoms with Gasteiger partial charge in [-0.05, 0) is 52.5 Å². The Bertz CT molecular complexity index is 638. The van der Waals surface area contributed by atoms with Gasteiger partial charge in [-0.1, -0.05) is 30.3 Å². The van der Waals surface area contributed by atoms with Crippen LogP contribution in [0.3, 0.4) is 0 Å². The molecule has 1 saturated carbocycles. The standard InChI is InChI=1S/C17H16BrNO2/c18-15-9-6-13(17(20)19-14-7-8-14)10-16(15)21-11-12-4-2-1-3-5-12/h1-6,9-10,14H,7-8,11H2,(H,19,20). The molecule has 0 atom stereocenters. The van der Waals surface area contributed by atoms with Crippen molar-refractivity contribution < 1.29 is 9.53 Å². The number of hydrogen-bond donors (Lipinski definition) is 1. The van der Waals surface area contributed by atoms with E-state index in [-0.39, 0.29) is 5.91 Å². The van der Waals surface area contributed by atoms with Crippen LogP contribution in [0.5, 0.6) is 5.75 Å². The first kappa shape index (κ1) is 14.1. The molecule has 0 bridgehead atoms. The second-order valence-corrected chi connectivity index (χ2v) is 6.02. The minimum atomic E-state index is -0.0328. The molecule has 0 unspecified atom stereocenters. The van der Waals surface area contributed by atoms with Gasteiger partial charge in [0.15, 0.2) is 0 Å². The van der Waals surface area contributed by atoms with Crippen LogP contribution in [-0.2, 0) is 6.61 Å². The van der Waals surface area contributed by atoms with Crippen LogP contribution >= 0.6 is 15.9 Å². The van der Waals surface area contributed by atoms with Crippen molar-refractivity contribution in [2.45, 2.75) is 25.5 Å². The number of rotatable bonds is 5. The van der Waals surface area contributed by atoms with Crippen LogP contribution in [0.2, 0.25) is 0 Å². The molecule has 108 valence electrons. The predicted molar refractivity (Wildman–Crippen MR) is 85.4 cm³/mol. The maximum Gasteiger partial charge on any atom is 0.251 e. The van der Waals surface area contributed by atoms with E-state index in [4.69, 9.17) is 4.74 Å². The zero-order valence-electron chi connectivity index (χ0n) is 11.5. The van der Waals surface area contributed by atoms with Gasteiger partial charge in [-0.3, -0.25) is 4.79 Å². The lowest BCUT2D eigenvalue weighted by Gasteiger charge is -2.10. The highest BCUT2D eigenvalue weighted by atomic mass is 79.9. The summed E-state index contributed by atoms with van der Waals surface area (Å²) < 4.78 is 6.66. The van der Waals surface area contributed by atoms with Crippen LogP contribution in [0, 0.1) is 0 Å². The van der Waals surface area contributed by atoms with Crippen LogP contribution in [0.1, 0.15) is 28.8 Å². The second kappa shape index (κ2) is 6.31. The third-order valence-corrected chi connectivity index (χ3v) is 4.00. The zero-order valence-corrected chi connectivity index (χ0v) is 13.1. The molecule has 0 radical (unpaired) electrons. The van der Waals surface area contributed by atoms with Crippen LogP contribution in [0.15, 0.2) is 53.0 Å². The van der Waals surface area contributed by atoms with Gasteiger partial charge < -0.3 is 10.1 Å². The lowest BCUT2D eigenvalue weighted by molar-refractivity contribution is 0.0950. The Morgan fingerprint density at radius 1 is 1.19 bits per heavy atom. The number of nitrogens with one attached hydrogen (secondary N) is 1. The van der Waals surface area contributed by atoms with Gasteiger partial charge >= 0.3 is 0 Å². The first-order valence-corrected chi connectivity index (χ1v) is 7.79. The molecule has 3 nitrogen and oxygen atoms in total. The summed E-state index contributed by atoms with van der Waals surface area (Å²) in [5, 5.41) is 2.98. The van der Waals surface area contributed by atoms with Crippen molar-refractivity contribution in [3.8, 4) is 5.75 Å². The molecule has 0 aliphatic heterocycles. The number of carbonyl (C=O) groups is 1. The summed E-state index contributed by atoms with van der Waals surface area (Å²) in [4.78, 5) is 12.1. The summed E-state index contributed by atoms with van der Waals surface area (Å²) in [5.41, 5.74) is 1.73. The molecule has 0 heterocycles. The summed E-state index contributed by atoms with van der Waals surface area (Å²) in [7, 11) is 0. The molecule has 0 aromatic heterocycles. The number of benzene rings is 2. The molecule has 1 aliphatic carbocycles. The third-order valence-electron chi connectivity index (χ3n) is 3.34. The average Bonchev–Trinajstić information content (AvgIpc) is 3.31. The molecule has 0 spiro atoms. The average molecular weight is 346 g/mol. The van der Waals surface area contributed by atoms with Crippen molar-refractivity contribution in [1.29, 1.82) is 0 Å². The maximum absolute atomic E-state index is 12.1. The van der Waals surface area contributed by atoms with Crippen molar-refractivity contribution >= 4 is 21.8 Å². The Labute approximate surface area is 132 Å². The highest BCUT2D eigenvalue weighted by Gasteiger charge is 2.24. The van der Waals surface area contributed by atoms with E-state index in [0.717, 1.165) is 22.9 Å². The molecular formula is C17H16BrNO2. The molecule has 4 heteroatoms. The van der Waals surface area contributed by atoms with E-state index >= 15 is 0 Å². The molecule has 0 saturated heterocycles. The van der Waals surface area contributed by atoms with Gasteiger partial charge in [-0.15, -0.1) is 0 Å². The second-order valence-electron chi connectivity index (χ2n) is 5.17. The zero-order chi connectivity index (χ0) is 14.7. The summed E-state index contributed by atoms with van der Waals surface area (Å²) in [6.07, 6.45) is 2.17. The number of hydrogen-bond acceptors (Lipinski definition) is 2. The van der Waals surface area contributed by atoms with Gasteiger partial charge in [0.05, 0.1) is 4.47 Å². The molecule has 1 aliphatic rings. The van der Waals surface area contributed by atoms with Crippen molar-refractivity contribution in [3.63, 3.8) is 0 Å². The van der Waals surface area contributed by atoms with Gasteiger partial charge in [0.2, 0.25) is 0 Å². The Morgan fingerprint density at radius 2 is 1.95 bits per heavy atom. The highest BCUT2D eigenvalue weighted by molar-refractivity contribution is 9.10. The highest BCUT2D eigenvalue weighted by Crippen LogP contribution is 2.27. The SMILES string of the molecule is O=C(NC1CC1)c1ccc(Br)c(OCc2ccccc2)c1. The molecule has 21 heavy (non-hydrogen) atoms. The molecule has 1 amide bonds. The first-order chi connectivity index (χ1) is 10.2. The lowest BCUT2D eigenvalue weighted by Crippen LogP contribution is -2.25. The van der Waals surface area contributed by atoms with Gasteiger partial charge in [0.1, 0.15) is 12.4 Å². The van der Waals surface area contributed by atoms with Gasteiger partial charge in [-0.2, -0.15) is 0 Å². The van der Waals surface area contributed by atoms with E-state index in [2.05, 4.69) is 21.2 Å². The minimum Gasteiger partial charge on any atom is -0.488 e. The van der Waals surface area contributed by atoms with E-state index < -0.39 is 0 Å². The van der Waals surface area contributed by atoms with E-state index in [9.17, 15) is 4.79 Å². The monoisotopic (exact) mass is 345 g/mol. The molecular weight excluding hydrogens is 330 g/mol. The van der Waals surface area contributed by atoms with E-state index in [1.54, 1.807) is 12.1 Å². The summed E-state index contributed by atoms with van der Waals surface area (Å²) in [5.74, 6) is 0.650. The summed E-state index contributed by atoms with van der Waals surface area (Å²) >= 11 is 3.46. The van der Waals surface area contributed by atoms with Crippen LogP contribution in [0.4, 0.5) is 0 Å². The normalized spacial score (nSPS) is 13.8. The Kier molecular flexibility index (Phi) is 4.25. The largest absolute Gasteiger partial charge is 0.488 e. The van der Waals surface area contributed by atoms with Crippen molar-refractivity contribution in [3.05, 3.63) is 64.1 Å². The molecule has 2 aromatic carbocycles. The summed E-state index contributed by atoms with van der Waals surface area (Å²) in [6, 6.07) is 15.7. The van der Waals surface area contributed by atoms with E-state index in [1.165, 1.54) is 0 Å². The Balaban J connectivity index is 1.70. The third kappa shape index (κ3) is 3.85. The quantitative estimate of drug-likeness (QED) is 0.891. The number of halogens is 1. The van der Waals surface area contributed by atoms with Gasteiger partial charge in [0.25, 0.3) is 5.91 Å². The van der Waals surface area contributed by atoms with Crippen molar-refractivity contribution in [2.24, 2.45) is 0 Å². The first-order valence-electron chi connectivity index (χ1n) is 6.99.